The van der Waals surface area contributed by atoms with Gasteiger partial charge in [-0.3, -0.25) is 4.90 Å². The zero-order valence-electron chi connectivity index (χ0n) is 15.4. The van der Waals surface area contributed by atoms with Gasteiger partial charge in [-0.1, -0.05) is 12.1 Å². The zero-order chi connectivity index (χ0) is 18.8. The molecule has 2 N–H and O–H groups in total. The Bertz CT molecular complexity index is 875. The van der Waals surface area contributed by atoms with E-state index in [0.717, 1.165) is 44.1 Å². The van der Waals surface area contributed by atoms with Crippen LogP contribution in [-0.4, -0.2) is 58.6 Å². The fourth-order valence-electron chi connectivity index (χ4n) is 3.71. The largest absolute Gasteiger partial charge is 0.509 e. The molecule has 0 radical (unpaired) electrons. The number of phenols is 1. The van der Waals surface area contributed by atoms with Gasteiger partial charge in [0, 0.05) is 18.2 Å². The van der Waals surface area contributed by atoms with Crippen molar-refractivity contribution in [3.63, 3.8) is 0 Å². The van der Waals surface area contributed by atoms with Crippen LogP contribution < -0.4 is 5.32 Å². The summed E-state index contributed by atoms with van der Waals surface area (Å²) in [5.41, 5.74) is 2.55. The molecule has 0 amide bonds. The molecule has 2 aliphatic rings. The maximum atomic E-state index is 10.2. The second kappa shape index (κ2) is 7.51. The molecular weight excluding hydrogens is 342 g/mol. The lowest BCUT2D eigenvalue weighted by atomic mass is 10.0. The third kappa shape index (κ3) is 3.72. The normalized spacial score (nSPS) is 20.7. The predicted molar refractivity (Wildman–Crippen MR) is 103 cm³/mol. The number of aromatic hydroxyl groups is 1. The first-order valence-corrected chi connectivity index (χ1v) is 9.27. The van der Waals surface area contributed by atoms with Crippen molar-refractivity contribution in [1.29, 1.82) is 0 Å². The van der Waals surface area contributed by atoms with Crippen LogP contribution in [0.2, 0.25) is 0 Å². The number of anilines is 1. The Morgan fingerprint density at radius 1 is 1.30 bits per heavy atom. The number of hydrogen-bond acceptors (Lipinski definition) is 6. The highest BCUT2D eigenvalue weighted by molar-refractivity contribution is 5.73. The van der Waals surface area contributed by atoms with Gasteiger partial charge >= 0.3 is 0 Å². The summed E-state index contributed by atoms with van der Waals surface area (Å²) in [6.45, 7) is 12.8. The van der Waals surface area contributed by atoms with Gasteiger partial charge in [0.2, 0.25) is 0 Å². The third-order valence-electron chi connectivity index (χ3n) is 5.29. The van der Waals surface area contributed by atoms with Crippen LogP contribution in [0.1, 0.15) is 18.4 Å². The smallest absolute Gasteiger partial charge is 0.190 e. The van der Waals surface area contributed by atoms with Crippen LogP contribution in [0.5, 0.6) is 5.75 Å². The molecule has 1 aromatic heterocycles. The molecule has 0 bridgehead atoms. The molecule has 1 atom stereocenters. The standard InChI is InChI=1S/C20H23N5O2/c1-13-8-19(22-15-4-3-7-25(10-15)16-11-27-12-16)23-24-20(13)17-6-5-14(21-2)9-18(17)26/h5-6,8-9,15-16,26H,3-4,7,10-12H2,1H3,(H,22,23)/t15-/m1/s1. The van der Waals surface area contributed by atoms with Crippen LogP contribution in [0.4, 0.5) is 11.5 Å². The van der Waals surface area contributed by atoms with E-state index in [0.29, 0.717) is 29.0 Å². The highest BCUT2D eigenvalue weighted by Gasteiger charge is 2.30. The molecule has 2 fully saturated rings. The third-order valence-corrected chi connectivity index (χ3v) is 5.29. The van der Waals surface area contributed by atoms with Gasteiger partial charge in [0.25, 0.3) is 0 Å². The van der Waals surface area contributed by atoms with E-state index < -0.39 is 0 Å². The van der Waals surface area contributed by atoms with Crippen molar-refractivity contribution in [3.8, 4) is 17.0 Å². The number of rotatable bonds is 4. The molecule has 7 nitrogen and oxygen atoms in total. The molecule has 3 heterocycles. The van der Waals surface area contributed by atoms with Gasteiger partial charge in [-0.2, -0.15) is 0 Å². The van der Waals surface area contributed by atoms with E-state index in [2.05, 4.69) is 25.3 Å². The Hall–Kier alpha value is -2.69. The number of piperidine rings is 1. The minimum Gasteiger partial charge on any atom is -0.509 e. The summed E-state index contributed by atoms with van der Waals surface area (Å²) < 4.78 is 5.32. The number of hydrogen-bond donors (Lipinski definition) is 2. The fourth-order valence-corrected chi connectivity index (χ4v) is 3.71. The van der Waals surface area contributed by atoms with Crippen molar-refractivity contribution in [2.24, 2.45) is 0 Å². The van der Waals surface area contributed by atoms with Crippen molar-refractivity contribution in [1.82, 2.24) is 15.1 Å². The van der Waals surface area contributed by atoms with Gasteiger partial charge in [-0.05, 0) is 44.0 Å². The number of ether oxygens (including phenoxy) is 1. The van der Waals surface area contributed by atoms with Crippen LogP contribution in [0.3, 0.4) is 0 Å². The Morgan fingerprint density at radius 2 is 2.15 bits per heavy atom. The SMILES string of the molecule is [C-]#[N+]c1ccc(-c2nnc(N[C@@H]3CCCN(C4COC4)C3)cc2C)c(O)c1. The first kappa shape index (κ1) is 17.7. The van der Waals surface area contributed by atoms with Gasteiger partial charge in [0.15, 0.2) is 5.69 Å². The molecule has 0 spiro atoms. The lowest BCUT2D eigenvalue weighted by Gasteiger charge is -2.42. The van der Waals surface area contributed by atoms with E-state index in [1.54, 1.807) is 12.1 Å². The van der Waals surface area contributed by atoms with Gasteiger partial charge in [-0.25, -0.2) is 4.85 Å². The summed E-state index contributed by atoms with van der Waals surface area (Å²) in [5, 5.41) is 22.4. The van der Waals surface area contributed by atoms with Crippen LogP contribution >= 0.6 is 0 Å². The summed E-state index contributed by atoms with van der Waals surface area (Å²) >= 11 is 0. The molecule has 2 saturated heterocycles. The number of aromatic nitrogens is 2. The van der Waals surface area contributed by atoms with E-state index in [4.69, 9.17) is 11.3 Å². The average molecular weight is 365 g/mol. The fraction of sp³-hybridized carbons (Fsp3) is 0.450. The van der Waals surface area contributed by atoms with Gasteiger partial charge < -0.3 is 15.2 Å². The Labute approximate surface area is 158 Å². The molecule has 0 aliphatic carbocycles. The second-order valence-electron chi connectivity index (χ2n) is 7.24. The van der Waals surface area contributed by atoms with Gasteiger partial charge in [0.1, 0.15) is 11.6 Å². The number of aryl methyl sites for hydroxylation is 1. The van der Waals surface area contributed by atoms with Crippen LogP contribution in [-0.2, 0) is 4.74 Å². The second-order valence-corrected chi connectivity index (χ2v) is 7.24. The monoisotopic (exact) mass is 365 g/mol. The Kier molecular flexibility index (Phi) is 4.92. The number of phenolic OH excluding ortho intramolecular Hbond substituents is 1. The molecule has 0 unspecified atom stereocenters. The first-order chi connectivity index (χ1) is 13.1. The van der Waals surface area contributed by atoms with Gasteiger partial charge in [-0.15, -0.1) is 10.2 Å². The number of nitrogens with one attached hydrogen (secondary N) is 1. The maximum Gasteiger partial charge on any atom is 0.190 e. The zero-order valence-corrected chi connectivity index (χ0v) is 15.4. The lowest BCUT2D eigenvalue weighted by molar-refractivity contribution is -0.0710. The van der Waals surface area contributed by atoms with E-state index >= 15 is 0 Å². The van der Waals surface area contributed by atoms with Crippen molar-refractivity contribution >= 4 is 11.5 Å². The summed E-state index contributed by atoms with van der Waals surface area (Å²) in [5.74, 6) is 0.803. The minimum absolute atomic E-state index is 0.0484. The Balaban J connectivity index is 1.48. The van der Waals surface area contributed by atoms with Gasteiger partial charge in [0.05, 0.1) is 31.5 Å². The molecule has 4 rings (SSSR count). The maximum absolute atomic E-state index is 10.2. The molecule has 27 heavy (non-hydrogen) atoms. The quantitative estimate of drug-likeness (QED) is 0.812. The van der Waals surface area contributed by atoms with Crippen LogP contribution in [0.15, 0.2) is 24.3 Å². The van der Waals surface area contributed by atoms with Crippen molar-refractivity contribution in [3.05, 3.63) is 41.2 Å². The molecule has 7 heteroatoms. The van der Waals surface area contributed by atoms with Crippen molar-refractivity contribution in [2.45, 2.75) is 31.8 Å². The molecule has 2 aliphatic heterocycles. The number of nitrogens with zero attached hydrogens (tertiary/aromatic N) is 4. The van der Waals surface area contributed by atoms with Crippen LogP contribution in [0, 0.1) is 13.5 Å². The summed E-state index contributed by atoms with van der Waals surface area (Å²) in [4.78, 5) is 5.82. The molecule has 0 saturated carbocycles. The van der Waals surface area contributed by atoms with E-state index in [9.17, 15) is 5.11 Å². The number of likely N-dealkylation sites (tertiary alicyclic amines) is 1. The number of benzene rings is 1. The van der Waals surface area contributed by atoms with E-state index in [-0.39, 0.29) is 5.75 Å². The van der Waals surface area contributed by atoms with Crippen LogP contribution in [0.25, 0.3) is 16.1 Å². The Morgan fingerprint density at radius 3 is 2.81 bits per heavy atom. The molecule has 2 aromatic rings. The van der Waals surface area contributed by atoms with E-state index in [1.807, 2.05) is 13.0 Å². The average Bonchev–Trinajstić information content (AvgIpc) is 2.61. The lowest BCUT2D eigenvalue weighted by Crippen LogP contribution is -2.54. The molecule has 1 aromatic carbocycles. The topological polar surface area (TPSA) is 74.9 Å². The molecular formula is C20H23N5O2. The first-order valence-electron chi connectivity index (χ1n) is 9.27. The summed E-state index contributed by atoms with van der Waals surface area (Å²) in [7, 11) is 0. The molecule has 140 valence electrons. The highest BCUT2D eigenvalue weighted by Crippen LogP contribution is 2.33. The van der Waals surface area contributed by atoms with Crippen molar-refractivity contribution < 1.29 is 9.84 Å². The summed E-state index contributed by atoms with van der Waals surface area (Å²) in [6, 6.07) is 7.73. The van der Waals surface area contributed by atoms with Crippen molar-refractivity contribution in [2.75, 3.05) is 31.6 Å². The summed E-state index contributed by atoms with van der Waals surface area (Å²) in [6.07, 6.45) is 2.28. The van der Waals surface area contributed by atoms with E-state index in [1.165, 1.54) is 12.5 Å². The predicted octanol–water partition coefficient (Wildman–Crippen LogP) is 2.98. The minimum atomic E-state index is 0.0484. The highest BCUT2D eigenvalue weighted by atomic mass is 16.5.